The fraction of sp³-hybridized carbons (Fsp3) is 0.917. The van der Waals surface area contributed by atoms with Crippen LogP contribution in [0.3, 0.4) is 0 Å². The summed E-state index contributed by atoms with van der Waals surface area (Å²) in [6.45, 7) is 9.83. The van der Waals surface area contributed by atoms with Gasteiger partial charge in [0, 0.05) is 18.6 Å². The molecule has 0 saturated carbocycles. The minimum Gasteiger partial charge on any atom is -0.394 e. The molecule has 1 amide bonds. The van der Waals surface area contributed by atoms with Gasteiger partial charge in [0.1, 0.15) is 6.04 Å². The molecule has 1 unspecified atom stereocenters. The Morgan fingerprint density at radius 2 is 2.19 bits per heavy atom. The largest absolute Gasteiger partial charge is 0.394 e. The molecule has 0 aliphatic carbocycles. The zero-order valence-corrected chi connectivity index (χ0v) is 10.8. The molecule has 1 atom stereocenters. The third-order valence-corrected chi connectivity index (χ3v) is 3.19. The topological polar surface area (TPSA) is 52.6 Å². The van der Waals surface area contributed by atoms with Gasteiger partial charge in [-0.2, -0.15) is 0 Å². The number of aliphatic hydroxyl groups is 1. The van der Waals surface area contributed by atoms with Crippen LogP contribution in [0.5, 0.6) is 0 Å². The summed E-state index contributed by atoms with van der Waals surface area (Å²) in [5, 5.41) is 12.2. The lowest BCUT2D eigenvalue weighted by Crippen LogP contribution is -2.66. The van der Waals surface area contributed by atoms with Gasteiger partial charge >= 0.3 is 0 Å². The number of amides is 1. The van der Waals surface area contributed by atoms with Crippen LogP contribution in [0.25, 0.3) is 0 Å². The van der Waals surface area contributed by atoms with Crippen LogP contribution in [-0.2, 0) is 4.79 Å². The number of carbonyl (C=O) groups is 1. The highest BCUT2D eigenvalue weighted by Gasteiger charge is 2.39. The van der Waals surface area contributed by atoms with E-state index in [1.54, 1.807) is 0 Å². The maximum Gasteiger partial charge on any atom is 0.242 e. The van der Waals surface area contributed by atoms with Crippen molar-refractivity contribution in [1.82, 2.24) is 10.2 Å². The summed E-state index contributed by atoms with van der Waals surface area (Å²) < 4.78 is 0. The van der Waals surface area contributed by atoms with Gasteiger partial charge in [-0.15, -0.1) is 0 Å². The van der Waals surface area contributed by atoms with Gasteiger partial charge in [0.25, 0.3) is 0 Å². The standard InChI is InChI=1S/C12H24N2O2/c1-9(2)5-6-14-11(16)10(7-15)13-8-12(14,3)4/h9-10,13,15H,5-8H2,1-4H3. The number of hydrogen-bond donors (Lipinski definition) is 2. The molecule has 2 N–H and O–H groups in total. The second-order valence-electron chi connectivity index (χ2n) is 5.60. The van der Waals surface area contributed by atoms with Crippen molar-refractivity contribution in [2.24, 2.45) is 5.92 Å². The number of hydrogen-bond acceptors (Lipinski definition) is 3. The number of rotatable bonds is 4. The Hall–Kier alpha value is -0.610. The Morgan fingerprint density at radius 3 is 2.69 bits per heavy atom. The van der Waals surface area contributed by atoms with E-state index in [0.29, 0.717) is 5.92 Å². The fourth-order valence-electron chi connectivity index (χ4n) is 1.98. The first kappa shape index (κ1) is 13.5. The monoisotopic (exact) mass is 228 g/mol. The van der Waals surface area contributed by atoms with Gasteiger partial charge < -0.3 is 15.3 Å². The maximum atomic E-state index is 12.1. The van der Waals surface area contributed by atoms with Gasteiger partial charge in [0.2, 0.25) is 5.91 Å². The van der Waals surface area contributed by atoms with Crippen molar-refractivity contribution in [2.75, 3.05) is 19.7 Å². The second kappa shape index (κ2) is 5.15. The fourth-order valence-corrected chi connectivity index (χ4v) is 1.98. The SMILES string of the molecule is CC(C)CCN1C(=O)C(CO)NCC1(C)C. The molecule has 0 aromatic rings. The Balaban J connectivity index is 2.69. The lowest BCUT2D eigenvalue weighted by Gasteiger charge is -2.45. The third-order valence-electron chi connectivity index (χ3n) is 3.19. The molecule has 0 aromatic carbocycles. The Morgan fingerprint density at radius 1 is 1.56 bits per heavy atom. The molecule has 1 rings (SSSR count). The first-order chi connectivity index (χ1) is 7.38. The first-order valence-electron chi connectivity index (χ1n) is 6.04. The highest BCUT2D eigenvalue weighted by molar-refractivity contribution is 5.83. The van der Waals surface area contributed by atoms with E-state index >= 15 is 0 Å². The van der Waals surface area contributed by atoms with E-state index in [9.17, 15) is 4.79 Å². The quantitative estimate of drug-likeness (QED) is 0.741. The molecule has 0 aromatic heterocycles. The molecule has 1 aliphatic rings. The van der Waals surface area contributed by atoms with Crippen molar-refractivity contribution >= 4 is 5.91 Å². The van der Waals surface area contributed by atoms with E-state index in [4.69, 9.17) is 5.11 Å². The number of piperazine rings is 1. The molecule has 4 heteroatoms. The van der Waals surface area contributed by atoms with Crippen LogP contribution in [-0.4, -0.2) is 47.2 Å². The van der Waals surface area contributed by atoms with Crippen LogP contribution >= 0.6 is 0 Å². The predicted molar refractivity (Wildman–Crippen MR) is 64.1 cm³/mol. The van der Waals surface area contributed by atoms with Crippen LogP contribution in [0.2, 0.25) is 0 Å². The van der Waals surface area contributed by atoms with Gasteiger partial charge in [-0.05, 0) is 26.2 Å². The van der Waals surface area contributed by atoms with E-state index in [-0.39, 0.29) is 18.1 Å². The molecule has 1 aliphatic heterocycles. The van der Waals surface area contributed by atoms with Crippen molar-refractivity contribution in [3.05, 3.63) is 0 Å². The molecule has 0 radical (unpaired) electrons. The molecule has 0 bridgehead atoms. The Labute approximate surface area is 98.0 Å². The van der Waals surface area contributed by atoms with Gasteiger partial charge in [-0.3, -0.25) is 4.79 Å². The zero-order chi connectivity index (χ0) is 12.3. The number of nitrogens with one attached hydrogen (secondary N) is 1. The summed E-state index contributed by atoms with van der Waals surface area (Å²) in [6, 6.07) is -0.416. The summed E-state index contributed by atoms with van der Waals surface area (Å²) in [6.07, 6.45) is 1.01. The van der Waals surface area contributed by atoms with Crippen molar-refractivity contribution < 1.29 is 9.90 Å². The molecule has 1 fully saturated rings. The minimum atomic E-state index is -0.416. The number of nitrogens with zero attached hydrogens (tertiary/aromatic N) is 1. The molecule has 16 heavy (non-hydrogen) atoms. The lowest BCUT2D eigenvalue weighted by atomic mass is 9.95. The molecule has 94 valence electrons. The molecule has 1 saturated heterocycles. The lowest BCUT2D eigenvalue weighted by molar-refractivity contribution is -0.144. The summed E-state index contributed by atoms with van der Waals surface area (Å²) in [5.74, 6) is 0.616. The van der Waals surface area contributed by atoms with Crippen LogP contribution in [0.1, 0.15) is 34.1 Å². The average Bonchev–Trinajstić information content (AvgIpc) is 2.16. The predicted octanol–water partition coefficient (Wildman–Crippen LogP) is 0.604. The third kappa shape index (κ3) is 2.95. The molecular formula is C12H24N2O2. The minimum absolute atomic E-state index is 0.0272. The molecule has 4 nitrogen and oxygen atoms in total. The Bertz CT molecular complexity index is 251. The summed E-state index contributed by atoms with van der Waals surface area (Å²) in [7, 11) is 0. The smallest absolute Gasteiger partial charge is 0.242 e. The van der Waals surface area contributed by atoms with Gasteiger partial charge in [0.15, 0.2) is 0 Å². The van der Waals surface area contributed by atoms with E-state index in [2.05, 4.69) is 33.0 Å². The second-order valence-corrected chi connectivity index (χ2v) is 5.60. The van der Waals surface area contributed by atoms with Crippen LogP contribution in [0.4, 0.5) is 0 Å². The van der Waals surface area contributed by atoms with Gasteiger partial charge in [0.05, 0.1) is 6.61 Å². The van der Waals surface area contributed by atoms with E-state index in [0.717, 1.165) is 19.5 Å². The average molecular weight is 228 g/mol. The Kier molecular flexibility index (Phi) is 4.33. The van der Waals surface area contributed by atoms with Crippen LogP contribution < -0.4 is 5.32 Å². The normalized spacial score (nSPS) is 25.2. The van der Waals surface area contributed by atoms with Gasteiger partial charge in [-0.1, -0.05) is 13.8 Å². The first-order valence-corrected chi connectivity index (χ1v) is 6.04. The van der Waals surface area contributed by atoms with Crippen LogP contribution in [0, 0.1) is 5.92 Å². The van der Waals surface area contributed by atoms with E-state index in [1.807, 2.05) is 4.90 Å². The molecule has 1 heterocycles. The summed E-state index contributed by atoms with van der Waals surface area (Å²) in [5.41, 5.74) is -0.155. The number of carbonyl (C=O) groups excluding carboxylic acids is 1. The highest BCUT2D eigenvalue weighted by Crippen LogP contribution is 2.20. The van der Waals surface area contributed by atoms with E-state index in [1.165, 1.54) is 0 Å². The van der Waals surface area contributed by atoms with Crippen molar-refractivity contribution in [3.8, 4) is 0 Å². The molecular weight excluding hydrogens is 204 g/mol. The molecule has 0 spiro atoms. The van der Waals surface area contributed by atoms with Crippen LogP contribution in [0.15, 0.2) is 0 Å². The van der Waals surface area contributed by atoms with Crippen molar-refractivity contribution in [3.63, 3.8) is 0 Å². The summed E-state index contributed by atoms with van der Waals surface area (Å²) in [4.78, 5) is 14.0. The maximum absolute atomic E-state index is 12.1. The van der Waals surface area contributed by atoms with E-state index < -0.39 is 6.04 Å². The van der Waals surface area contributed by atoms with Crippen molar-refractivity contribution in [1.29, 1.82) is 0 Å². The zero-order valence-electron chi connectivity index (χ0n) is 10.8. The summed E-state index contributed by atoms with van der Waals surface area (Å²) >= 11 is 0. The van der Waals surface area contributed by atoms with Crippen molar-refractivity contribution in [2.45, 2.75) is 45.7 Å². The van der Waals surface area contributed by atoms with Gasteiger partial charge in [-0.25, -0.2) is 0 Å². The highest BCUT2D eigenvalue weighted by atomic mass is 16.3. The number of aliphatic hydroxyl groups excluding tert-OH is 1.